The third-order valence-electron chi connectivity index (χ3n) is 4.23. The SMILES string of the molecule is CC(=O)N1CCC(NCC2CCCC2O)CC1. The van der Waals surface area contributed by atoms with Gasteiger partial charge < -0.3 is 15.3 Å². The molecule has 17 heavy (non-hydrogen) atoms. The number of hydrogen-bond donors (Lipinski definition) is 2. The van der Waals surface area contributed by atoms with Crippen molar-refractivity contribution in [2.75, 3.05) is 19.6 Å². The first-order chi connectivity index (χ1) is 8.16. The van der Waals surface area contributed by atoms with E-state index in [0.717, 1.165) is 51.7 Å². The van der Waals surface area contributed by atoms with Crippen molar-refractivity contribution < 1.29 is 9.90 Å². The number of carbonyl (C=O) groups is 1. The lowest BCUT2D eigenvalue weighted by molar-refractivity contribution is -0.129. The summed E-state index contributed by atoms with van der Waals surface area (Å²) < 4.78 is 0. The fourth-order valence-electron chi connectivity index (χ4n) is 2.97. The van der Waals surface area contributed by atoms with E-state index in [0.29, 0.717) is 12.0 Å². The molecule has 2 rings (SSSR count). The maximum atomic E-state index is 11.2. The molecule has 1 aliphatic carbocycles. The van der Waals surface area contributed by atoms with E-state index in [1.165, 1.54) is 0 Å². The van der Waals surface area contributed by atoms with Crippen LogP contribution in [0.2, 0.25) is 0 Å². The number of hydrogen-bond acceptors (Lipinski definition) is 3. The average molecular weight is 240 g/mol. The molecule has 98 valence electrons. The van der Waals surface area contributed by atoms with Gasteiger partial charge >= 0.3 is 0 Å². The van der Waals surface area contributed by atoms with Crippen molar-refractivity contribution in [2.24, 2.45) is 5.92 Å². The molecular formula is C13H24N2O2. The van der Waals surface area contributed by atoms with Gasteiger partial charge in [0.2, 0.25) is 5.91 Å². The smallest absolute Gasteiger partial charge is 0.219 e. The van der Waals surface area contributed by atoms with E-state index < -0.39 is 0 Å². The van der Waals surface area contributed by atoms with Crippen LogP contribution < -0.4 is 5.32 Å². The van der Waals surface area contributed by atoms with Gasteiger partial charge in [-0.15, -0.1) is 0 Å². The van der Waals surface area contributed by atoms with Gasteiger partial charge in [0.15, 0.2) is 0 Å². The summed E-state index contributed by atoms with van der Waals surface area (Å²) in [6.07, 6.45) is 5.27. The minimum atomic E-state index is -0.0974. The molecule has 2 atom stereocenters. The summed E-state index contributed by atoms with van der Waals surface area (Å²) in [5, 5.41) is 13.3. The van der Waals surface area contributed by atoms with Gasteiger partial charge in [-0.2, -0.15) is 0 Å². The number of rotatable bonds is 3. The second-order valence-corrected chi connectivity index (χ2v) is 5.45. The van der Waals surface area contributed by atoms with Crippen molar-refractivity contribution in [1.82, 2.24) is 10.2 Å². The van der Waals surface area contributed by atoms with Crippen molar-refractivity contribution in [3.8, 4) is 0 Å². The number of nitrogens with zero attached hydrogens (tertiary/aromatic N) is 1. The molecule has 1 aliphatic heterocycles. The average Bonchev–Trinajstić information content (AvgIpc) is 2.73. The number of nitrogens with one attached hydrogen (secondary N) is 1. The maximum absolute atomic E-state index is 11.2. The lowest BCUT2D eigenvalue weighted by Crippen LogP contribution is -2.45. The van der Waals surface area contributed by atoms with Crippen LogP contribution in [0.1, 0.15) is 39.0 Å². The maximum Gasteiger partial charge on any atom is 0.219 e. The number of aliphatic hydroxyl groups is 1. The molecule has 1 heterocycles. The molecule has 0 aromatic rings. The Morgan fingerprint density at radius 1 is 1.29 bits per heavy atom. The fourth-order valence-corrected chi connectivity index (χ4v) is 2.97. The summed E-state index contributed by atoms with van der Waals surface area (Å²) in [5.41, 5.74) is 0. The Morgan fingerprint density at radius 3 is 2.53 bits per heavy atom. The Labute approximate surface area is 103 Å². The third-order valence-corrected chi connectivity index (χ3v) is 4.23. The van der Waals surface area contributed by atoms with E-state index in [-0.39, 0.29) is 12.0 Å². The zero-order chi connectivity index (χ0) is 12.3. The first-order valence-electron chi connectivity index (χ1n) is 6.84. The highest BCUT2D eigenvalue weighted by atomic mass is 16.3. The van der Waals surface area contributed by atoms with Crippen LogP contribution in [-0.4, -0.2) is 47.7 Å². The molecule has 1 amide bonds. The molecule has 2 unspecified atom stereocenters. The predicted molar refractivity (Wildman–Crippen MR) is 66.6 cm³/mol. The van der Waals surface area contributed by atoms with E-state index >= 15 is 0 Å². The van der Waals surface area contributed by atoms with Crippen LogP contribution in [0.15, 0.2) is 0 Å². The fraction of sp³-hybridized carbons (Fsp3) is 0.923. The Bertz CT molecular complexity index is 262. The van der Waals surface area contributed by atoms with E-state index in [4.69, 9.17) is 0 Å². The predicted octanol–water partition coefficient (Wildman–Crippen LogP) is 0.748. The highest BCUT2D eigenvalue weighted by molar-refractivity contribution is 5.73. The van der Waals surface area contributed by atoms with E-state index in [1.54, 1.807) is 6.92 Å². The number of carbonyl (C=O) groups excluding carboxylic acids is 1. The van der Waals surface area contributed by atoms with Crippen LogP contribution >= 0.6 is 0 Å². The second-order valence-electron chi connectivity index (χ2n) is 5.45. The molecule has 2 fully saturated rings. The van der Waals surface area contributed by atoms with Gasteiger partial charge in [-0.1, -0.05) is 6.42 Å². The summed E-state index contributed by atoms with van der Waals surface area (Å²) in [5.74, 6) is 0.635. The third kappa shape index (κ3) is 3.42. The highest BCUT2D eigenvalue weighted by Gasteiger charge is 2.26. The summed E-state index contributed by atoms with van der Waals surface area (Å²) in [6, 6.07) is 0.526. The quantitative estimate of drug-likeness (QED) is 0.765. The van der Waals surface area contributed by atoms with Crippen molar-refractivity contribution in [1.29, 1.82) is 0 Å². The minimum Gasteiger partial charge on any atom is -0.393 e. The molecule has 1 saturated heterocycles. The summed E-state index contributed by atoms with van der Waals surface area (Å²) in [4.78, 5) is 13.1. The molecular weight excluding hydrogens is 216 g/mol. The lowest BCUT2D eigenvalue weighted by atomic mass is 10.0. The highest BCUT2D eigenvalue weighted by Crippen LogP contribution is 2.25. The van der Waals surface area contributed by atoms with E-state index in [2.05, 4.69) is 5.32 Å². The van der Waals surface area contributed by atoms with Gasteiger partial charge in [0.25, 0.3) is 0 Å². The van der Waals surface area contributed by atoms with Crippen molar-refractivity contribution in [3.05, 3.63) is 0 Å². The Kier molecular flexibility index (Phi) is 4.40. The molecule has 0 bridgehead atoms. The summed E-state index contributed by atoms with van der Waals surface area (Å²) >= 11 is 0. The van der Waals surface area contributed by atoms with Crippen LogP contribution in [0.3, 0.4) is 0 Å². The zero-order valence-electron chi connectivity index (χ0n) is 10.7. The topological polar surface area (TPSA) is 52.6 Å². The standard InChI is InChI=1S/C13H24N2O2/c1-10(16)15-7-5-12(6-8-15)14-9-11-3-2-4-13(11)17/h11-14,17H,2-9H2,1H3. The molecule has 4 nitrogen and oxygen atoms in total. The largest absolute Gasteiger partial charge is 0.393 e. The van der Waals surface area contributed by atoms with Gasteiger partial charge in [-0.05, 0) is 31.6 Å². The Hall–Kier alpha value is -0.610. The van der Waals surface area contributed by atoms with Crippen molar-refractivity contribution in [2.45, 2.75) is 51.2 Å². The van der Waals surface area contributed by atoms with Gasteiger partial charge in [-0.3, -0.25) is 4.79 Å². The van der Waals surface area contributed by atoms with Crippen LogP contribution in [0.25, 0.3) is 0 Å². The zero-order valence-corrected chi connectivity index (χ0v) is 10.7. The first-order valence-corrected chi connectivity index (χ1v) is 6.84. The Morgan fingerprint density at radius 2 is 2.00 bits per heavy atom. The van der Waals surface area contributed by atoms with Crippen LogP contribution in [0, 0.1) is 5.92 Å². The van der Waals surface area contributed by atoms with Gasteiger partial charge in [0.05, 0.1) is 6.10 Å². The minimum absolute atomic E-state index is 0.0974. The second kappa shape index (κ2) is 5.83. The monoisotopic (exact) mass is 240 g/mol. The first kappa shape index (κ1) is 12.8. The molecule has 2 aliphatic rings. The molecule has 0 radical (unpaired) electrons. The van der Waals surface area contributed by atoms with Gasteiger partial charge in [-0.25, -0.2) is 0 Å². The normalized spacial score (nSPS) is 30.8. The van der Waals surface area contributed by atoms with Gasteiger partial charge in [0, 0.05) is 32.6 Å². The molecule has 0 aromatic carbocycles. The van der Waals surface area contributed by atoms with Gasteiger partial charge in [0.1, 0.15) is 0 Å². The number of likely N-dealkylation sites (tertiary alicyclic amines) is 1. The van der Waals surface area contributed by atoms with Crippen molar-refractivity contribution in [3.63, 3.8) is 0 Å². The molecule has 2 N–H and O–H groups in total. The Balaban J connectivity index is 1.66. The summed E-state index contributed by atoms with van der Waals surface area (Å²) in [6.45, 7) is 4.33. The van der Waals surface area contributed by atoms with Crippen LogP contribution in [0.5, 0.6) is 0 Å². The van der Waals surface area contributed by atoms with Crippen LogP contribution in [-0.2, 0) is 4.79 Å². The van der Waals surface area contributed by atoms with E-state index in [1.807, 2.05) is 4.90 Å². The number of aliphatic hydroxyl groups excluding tert-OH is 1. The molecule has 4 heteroatoms. The van der Waals surface area contributed by atoms with E-state index in [9.17, 15) is 9.90 Å². The number of amides is 1. The number of piperidine rings is 1. The molecule has 0 spiro atoms. The summed E-state index contributed by atoms with van der Waals surface area (Å²) in [7, 11) is 0. The van der Waals surface area contributed by atoms with Crippen LogP contribution in [0.4, 0.5) is 0 Å². The molecule has 1 saturated carbocycles. The molecule has 0 aromatic heterocycles. The lowest BCUT2D eigenvalue weighted by Gasteiger charge is -2.32. The van der Waals surface area contributed by atoms with Crippen molar-refractivity contribution >= 4 is 5.91 Å².